The number of aromatic nitrogens is 3. The lowest BCUT2D eigenvalue weighted by molar-refractivity contribution is 0.321. The van der Waals surface area contributed by atoms with Crippen molar-refractivity contribution in [2.75, 3.05) is 0 Å². The zero-order valence-corrected chi connectivity index (χ0v) is 11.4. The predicted octanol–water partition coefficient (Wildman–Crippen LogP) is 2.58. The van der Waals surface area contributed by atoms with E-state index in [2.05, 4.69) is 44.7 Å². The van der Waals surface area contributed by atoms with Crippen molar-refractivity contribution in [3.63, 3.8) is 0 Å². The second-order valence-corrected chi connectivity index (χ2v) is 5.61. The molecule has 3 heterocycles. The first kappa shape index (κ1) is 11.7. The van der Waals surface area contributed by atoms with Gasteiger partial charge in [-0.1, -0.05) is 29.4 Å². The third-order valence-electron chi connectivity index (χ3n) is 3.47. The normalized spacial score (nSPS) is 17.9. The van der Waals surface area contributed by atoms with E-state index in [-0.39, 0.29) is 6.04 Å². The van der Waals surface area contributed by atoms with Gasteiger partial charge in [-0.3, -0.25) is 4.98 Å². The Kier molecular flexibility index (Phi) is 2.82. The van der Waals surface area contributed by atoms with Crippen LogP contribution in [-0.4, -0.2) is 15.1 Å². The molecule has 0 unspecified atom stereocenters. The molecular weight excluding hydrogens is 272 g/mol. The number of hydrogen-bond donors (Lipinski definition) is 1. The summed E-state index contributed by atoms with van der Waals surface area (Å²) in [6.45, 7) is 0.832. The van der Waals surface area contributed by atoms with Crippen molar-refractivity contribution in [1.82, 2.24) is 20.4 Å². The Morgan fingerprint density at radius 1 is 1.25 bits per heavy atom. The molecule has 1 atom stereocenters. The van der Waals surface area contributed by atoms with Gasteiger partial charge >= 0.3 is 0 Å². The highest BCUT2D eigenvalue weighted by molar-refractivity contribution is 7.13. The largest absolute Gasteiger partial charge is 0.337 e. The molecule has 0 aliphatic carbocycles. The molecule has 5 nitrogen and oxygen atoms in total. The molecule has 1 N–H and O–H groups in total. The number of nitrogens with zero attached hydrogens (tertiary/aromatic N) is 3. The third-order valence-corrected chi connectivity index (χ3v) is 4.24. The van der Waals surface area contributed by atoms with Crippen LogP contribution in [0.2, 0.25) is 0 Å². The Hall–Kier alpha value is -2.05. The van der Waals surface area contributed by atoms with Crippen molar-refractivity contribution in [2.45, 2.75) is 19.0 Å². The highest BCUT2D eigenvalue weighted by atomic mass is 32.1. The van der Waals surface area contributed by atoms with Gasteiger partial charge in [0.2, 0.25) is 11.7 Å². The molecule has 1 aliphatic rings. The summed E-state index contributed by atoms with van der Waals surface area (Å²) < 4.78 is 5.40. The lowest BCUT2D eigenvalue weighted by Gasteiger charge is -2.23. The fraction of sp³-hybridized carbons (Fsp3) is 0.214. The minimum atomic E-state index is 0.0825. The van der Waals surface area contributed by atoms with Gasteiger partial charge in [0.15, 0.2) is 0 Å². The predicted molar refractivity (Wildman–Crippen MR) is 75.1 cm³/mol. The number of thiazole rings is 1. The van der Waals surface area contributed by atoms with Crippen LogP contribution in [0.1, 0.15) is 23.1 Å². The van der Waals surface area contributed by atoms with Gasteiger partial charge in [-0.15, -0.1) is 11.3 Å². The van der Waals surface area contributed by atoms with E-state index >= 15 is 0 Å². The third kappa shape index (κ3) is 2.03. The van der Waals surface area contributed by atoms with Gasteiger partial charge in [-0.25, -0.2) is 0 Å². The van der Waals surface area contributed by atoms with Crippen LogP contribution in [0.5, 0.6) is 0 Å². The van der Waals surface area contributed by atoms with Crippen molar-refractivity contribution in [3.8, 4) is 10.7 Å². The molecule has 3 aromatic rings. The molecule has 0 fully saturated rings. The van der Waals surface area contributed by atoms with E-state index in [1.54, 1.807) is 11.7 Å². The molecule has 6 heteroatoms. The van der Waals surface area contributed by atoms with Gasteiger partial charge in [0, 0.05) is 12.7 Å². The first-order valence-corrected chi connectivity index (χ1v) is 7.31. The molecule has 1 aromatic carbocycles. The monoisotopic (exact) mass is 284 g/mol. The van der Waals surface area contributed by atoms with Gasteiger partial charge in [0.1, 0.15) is 0 Å². The van der Waals surface area contributed by atoms with E-state index < -0.39 is 0 Å². The molecule has 0 saturated carbocycles. The fourth-order valence-electron chi connectivity index (χ4n) is 2.43. The quantitative estimate of drug-likeness (QED) is 0.783. The molecule has 0 saturated heterocycles. The summed E-state index contributed by atoms with van der Waals surface area (Å²) in [5.41, 5.74) is 4.44. The van der Waals surface area contributed by atoms with Crippen LogP contribution in [0, 0.1) is 0 Å². The molecule has 100 valence electrons. The van der Waals surface area contributed by atoms with Crippen molar-refractivity contribution >= 4 is 11.3 Å². The van der Waals surface area contributed by atoms with Crippen LogP contribution >= 0.6 is 11.3 Å². The molecule has 4 rings (SSSR count). The summed E-state index contributed by atoms with van der Waals surface area (Å²) in [5, 5.41) is 7.48. The van der Waals surface area contributed by atoms with Crippen molar-refractivity contribution in [2.24, 2.45) is 0 Å². The standard InChI is InChI=1S/C14H12N4OS/c1-2-4-10-6-16-11(5-9(10)3-1)14-17-13(18-19-14)12-7-15-8-20-12/h1-4,7-8,11,16H,5-6H2/t11-/m1/s1. The highest BCUT2D eigenvalue weighted by Gasteiger charge is 2.24. The Morgan fingerprint density at radius 3 is 3.00 bits per heavy atom. The fourth-order valence-corrected chi connectivity index (χ4v) is 2.98. The molecule has 2 aromatic heterocycles. The van der Waals surface area contributed by atoms with Crippen LogP contribution in [-0.2, 0) is 13.0 Å². The molecular formula is C14H12N4OS. The minimum absolute atomic E-state index is 0.0825. The molecule has 0 amide bonds. The summed E-state index contributed by atoms with van der Waals surface area (Å²) in [4.78, 5) is 9.44. The Labute approximate surface area is 119 Å². The Morgan fingerprint density at radius 2 is 2.15 bits per heavy atom. The average Bonchev–Trinajstić information content (AvgIpc) is 3.17. The maximum absolute atomic E-state index is 5.40. The van der Waals surface area contributed by atoms with Crippen LogP contribution in [0.4, 0.5) is 0 Å². The lowest BCUT2D eigenvalue weighted by Crippen LogP contribution is -2.28. The van der Waals surface area contributed by atoms with Crippen molar-refractivity contribution in [1.29, 1.82) is 0 Å². The lowest BCUT2D eigenvalue weighted by atomic mass is 9.96. The SMILES string of the molecule is c1ccc2c(c1)CN[C@@H](c1nc(-c3cncs3)no1)C2. The van der Waals surface area contributed by atoms with Gasteiger partial charge in [-0.05, 0) is 17.5 Å². The van der Waals surface area contributed by atoms with Crippen LogP contribution in [0.3, 0.4) is 0 Å². The second kappa shape index (κ2) is 4.81. The zero-order chi connectivity index (χ0) is 13.4. The number of benzene rings is 1. The summed E-state index contributed by atoms with van der Waals surface area (Å²) in [6.07, 6.45) is 2.63. The highest BCUT2D eigenvalue weighted by Crippen LogP contribution is 2.27. The average molecular weight is 284 g/mol. The first-order valence-electron chi connectivity index (χ1n) is 6.43. The van der Waals surface area contributed by atoms with E-state index in [4.69, 9.17) is 4.52 Å². The van der Waals surface area contributed by atoms with E-state index in [1.165, 1.54) is 22.5 Å². The molecule has 1 aliphatic heterocycles. The second-order valence-electron chi connectivity index (χ2n) is 4.73. The number of rotatable bonds is 2. The summed E-state index contributed by atoms with van der Waals surface area (Å²) in [7, 11) is 0. The maximum atomic E-state index is 5.40. The van der Waals surface area contributed by atoms with Gasteiger partial charge in [-0.2, -0.15) is 4.98 Å². The minimum Gasteiger partial charge on any atom is -0.337 e. The smallest absolute Gasteiger partial charge is 0.244 e. The Balaban J connectivity index is 1.60. The van der Waals surface area contributed by atoms with E-state index in [0.29, 0.717) is 11.7 Å². The molecule has 0 bridgehead atoms. The zero-order valence-electron chi connectivity index (χ0n) is 10.6. The van der Waals surface area contributed by atoms with Gasteiger partial charge in [0.25, 0.3) is 0 Å². The molecule has 20 heavy (non-hydrogen) atoms. The molecule has 0 spiro atoms. The maximum Gasteiger partial charge on any atom is 0.244 e. The van der Waals surface area contributed by atoms with E-state index in [0.717, 1.165) is 17.8 Å². The Bertz CT molecular complexity index is 722. The van der Waals surface area contributed by atoms with Gasteiger partial charge < -0.3 is 9.84 Å². The number of nitrogens with one attached hydrogen (secondary N) is 1. The first-order chi connectivity index (χ1) is 9.90. The summed E-state index contributed by atoms with van der Waals surface area (Å²) in [6, 6.07) is 8.52. The van der Waals surface area contributed by atoms with E-state index in [1.807, 2.05) is 0 Å². The summed E-state index contributed by atoms with van der Waals surface area (Å²) >= 11 is 1.51. The van der Waals surface area contributed by atoms with Crippen LogP contribution < -0.4 is 5.32 Å². The number of fused-ring (bicyclic) bond motifs is 1. The topological polar surface area (TPSA) is 63.8 Å². The van der Waals surface area contributed by atoms with Crippen LogP contribution in [0.15, 0.2) is 40.5 Å². The molecule has 0 radical (unpaired) electrons. The van der Waals surface area contributed by atoms with Gasteiger partial charge in [0.05, 0.1) is 16.4 Å². The van der Waals surface area contributed by atoms with Crippen molar-refractivity contribution < 1.29 is 4.52 Å². The number of hydrogen-bond acceptors (Lipinski definition) is 6. The summed E-state index contributed by atoms with van der Waals surface area (Å²) in [5.74, 6) is 1.26. The van der Waals surface area contributed by atoms with E-state index in [9.17, 15) is 0 Å². The van der Waals surface area contributed by atoms with Crippen molar-refractivity contribution in [3.05, 3.63) is 53.0 Å². The van der Waals surface area contributed by atoms with Crippen LogP contribution in [0.25, 0.3) is 10.7 Å².